The Kier molecular flexibility index (Phi) is 3.81. The predicted octanol–water partition coefficient (Wildman–Crippen LogP) is 4.41. The van der Waals surface area contributed by atoms with Crippen molar-refractivity contribution in [2.75, 3.05) is 0 Å². The molecule has 0 radical (unpaired) electrons. The van der Waals surface area contributed by atoms with Crippen molar-refractivity contribution in [1.29, 1.82) is 0 Å². The molecule has 1 aromatic carbocycles. The van der Waals surface area contributed by atoms with Gasteiger partial charge >= 0.3 is 0 Å². The number of rotatable bonds is 1. The van der Waals surface area contributed by atoms with E-state index < -0.39 is 0 Å². The van der Waals surface area contributed by atoms with Crippen LogP contribution in [0.4, 0.5) is 0 Å². The molecule has 1 aromatic rings. The molecule has 0 aliphatic heterocycles. The van der Waals surface area contributed by atoms with Crippen molar-refractivity contribution in [3.8, 4) is 0 Å². The Morgan fingerprint density at radius 1 is 1.22 bits per heavy atom. The van der Waals surface area contributed by atoms with Crippen molar-refractivity contribution in [3.63, 3.8) is 0 Å². The summed E-state index contributed by atoms with van der Waals surface area (Å²) in [7, 11) is 0. The summed E-state index contributed by atoms with van der Waals surface area (Å²) in [5.74, 6) is 0.610. The second-order valence-corrected chi connectivity index (χ2v) is 5.26. The van der Waals surface area contributed by atoms with Crippen molar-refractivity contribution < 1.29 is 4.79 Å². The second kappa shape index (κ2) is 5.34. The van der Waals surface area contributed by atoms with Gasteiger partial charge in [0.1, 0.15) is 0 Å². The van der Waals surface area contributed by atoms with Crippen molar-refractivity contribution in [2.45, 2.75) is 33.6 Å². The zero-order valence-corrected chi connectivity index (χ0v) is 11.4. The highest BCUT2D eigenvalue weighted by atomic mass is 16.1. The first-order valence-electron chi connectivity index (χ1n) is 6.57. The maximum Gasteiger partial charge on any atom is 0.185 e. The highest BCUT2D eigenvalue weighted by Crippen LogP contribution is 2.32. The average molecular weight is 240 g/mol. The van der Waals surface area contributed by atoms with Crippen LogP contribution in [0.25, 0.3) is 6.08 Å². The lowest BCUT2D eigenvalue weighted by atomic mass is 9.79. The monoisotopic (exact) mass is 240 g/mol. The topological polar surface area (TPSA) is 17.1 Å². The Morgan fingerprint density at radius 2 is 1.89 bits per heavy atom. The molecule has 1 fully saturated rings. The maximum absolute atomic E-state index is 12.5. The second-order valence-electron chi connectivity index (χ2n) is 5.26. The smallest absolute Gasteiger partial charge is 0.185 e. The van der Waals surface area contributed by atoms with E-state index in [0.29, 0.717) is 5.92 Å². The third-order valence-corrected chi connectivity index (χ3v) is 3.62. The van der Waals surface area contributed by atoms with Crippen molar-refractivity contribution in [3.05, 3.63) is 52.6 Å². The SMILES string of the molecule is CC(C)=C1CCC(C)/C(=C\c2ccccc2)C1=O. The van der Waals surface area contributed by atoms with E-state index in [0.717, 1.165) is 35.1 Å². The highest BCUT2D eigenvalue weighted by molar-refractivity contribution is 6.12. The van der Waals surface area contributed by atoms with E-state index in [9.17, 15) is 4.79 Å². The summed E-state index contributed by atoms with van der Waals surface area (Å²) in [5.41, 5.74) is 4.24. The normalized spacial score (nSPS) is 22.4. The number of carbonyl (C=O) groups excluding carboxylic acids is 1. The third kappa shape index (κ3) is 2.61. The largest absolute Gasteiger partial charge is 0.289 e. The first-order chi connectivity index (χ1) is 8.59. The zero-order valence-electron chi connectivity index (χ0n) is 11.4. The molecular formula is C17H20O. The van der Waals surface area contributed by atoms with E-state index in [2.05, 4.69) is 13.0 Å². The van der Waals surface area contributed by atoms with Gasteiger partial charge in [-0.2, -0.15) is 0 Å². The molecule has 1 saturated carbocycles. The van der Waals surface area contributed by atoms with Crippen molar-refractivity contribution >= 4 is 11.9 Å². The molecule has 0 heterocycles. The standard InChI is InChI=1S/C17H20O/c1-12(2)15-10-9-13(3)16(17(15)18)11-14-7-5-4-6-8-14/h4-8,11,13H,9-10H2,1-3H3/b16-11+. The van der Waals surface area contributed by atoms with Gasteiger partial charge < -0.3 is 0 Å². The van der Waals surface area contributed by atoms with E-state index >= 15 is 0 Å². The summed E-state index contributed by atoms with van der Waals surface area (Å²) in [6, 6.07) is 10.1. The van der Waals surface area contributed by atoms with E-state index in [-0.39, 0.29) is 5.78 Å². The molecule has 0 saturated heterocycles. The molecule has 0 aromatic heterocycles. The van der Waals surface area contributed by atoms with Gasteiger partial charge in [0.2, 0.25) is 0 Å². The number of benzene rings is 1. The van der Waals surface area contributed by atoms with Gasteiger partial charge in [-0.1, -0.05) is 42.8 Å². The maximum atomic E-state index is 12.5. The Morgan fingerprint density at radius 3 is 2.50 bits per heavy atom. The molecule has 0 spiro atoms. The van der Waals surface area contributed by atoms with Crippen LogP contribution >= 0.6 is 0 Å². The van der Waals surface area contributed by atoms with Crippen LogP contribution in [0.1, 0.15) is 39.2 Å². The number of hydrogen-bond acceptors (Lipinski definition) is 1. The minimum Gasteiger partial charge on any atom is -0.289 e. The van der Waals surface area contributed by atoms with Gasteiger partial charge in [-0.15, -0.1) is 0 Å². The Hall–Kier alpha value is -1.63. The highest BCUT2D eigenvalue weighted by Gasteiger charge is 2.26. The van der Waals surface area contributed by atoms with Gasteiger partial charge in [0, 0.05) is 5.57 Å². The predicted molar refractivity (Wildman–Crippen MR) is 76.2 cm³/mol. The Labute approximate surface area is 109 Å². The molecule has 0 bridgehead atoms. The minimum atomic E-state index is 0.248. The van der Waals surface area contributed by atoms with Gasteiger partial charge in [0.05, 0.1) is 0 Å². The van der Waals surface area contributed by atoms with Gasteiger partial charge in [-0.05, 0) is 49.8 Å². The number of hydrogen-bond donors (Lipinski definition) is 0. The summed E-state index contributed by atoms with van der Waals surface area (Å²) in [4.78, 5) is 12.5. The van der Waals surface area contributed by atoms with Crippen LogP contribution in [-0.4, -0.2) is 5.78 Å². The molecule has 1 heteroatoms. The number of carbonyl (C=O) groups is 1. The first-order valence-corrected chi connectivity index (χ1v) is 6.57. The molecule has 1 atom stereocenters. The molecule has 1 aliphatic carbocycles. The number of ketones is 1. The van der Waals surface area contributed by atoms with Crippen LogP contribution in [-0.2, 0) is 4.79 Å². The van der Waals surface area contributed by atoms with Crippen molar-refractivity contribution in [2.24, 2.45) is 5.92 Å². The van der Waals surface area contributed by atoms with Crippen LogP contribution in [0.3, 0.4) is 0 Å². The van der Waals surface area contributed by atoms with Crippen LogP contribution < -0.4 is 0 Å². The lowest BCUT2D eigenvalue weighted by molar-refractivity contribution is -0.113. The van der Waals surface area contributed by atoms with Gasteiger partial charge in [-0.3, -0.25) is 4.79 Å². The fraction of sp³-hybridized carbons (Fsp3) is 0.353. The Balaban J connectivity index is 2.39. The molecule has 2 rings (SSSR count). The molecule has 1 nitrogen and oxygen atoms in total. The molecule has 1 aliphatic rings. The molecule has 1 unspecified atom stereocenters. The molecule has 0 N–H and O–H groups in total. The van der Waals surface area contributed by atoms with E-state index in [1.54, 1.807) is 0 Å². The van der Waals surface area contributed by atoms with Crippen LogP contribution in [0, 0.1) is 5.92 Å². The third-order valence-electron chi connectivity index (χ3n) is 3.62. The quantitative estimate of drug-likeness (QED) is 0.665. The van der Waals surface area contributed by atoms with Gasteiger partial charge in [0.25, 0.3) is 0 Å². The van der Waals surface area contributed by atoms with Crippen molar-refractivity contribution in [1.82, 2.24) is 0 Å². The van der Waals surface area contributed by atoms with E-state index in [1.807, 2.05) is 44.2 Å². The summed E-state index contributed by atoms with van der Waals surface area (Å²) in [5, 5.41) is 0. The van der Waals surface area contributed by atoms with Crippen LogP contribution in [0.5, 0.6) is 0 Å². The fourth-order valence-corrected chi connectivity index (χ4v) is 2.44. The summed E-state index contributed by atoms with van der Waals surface area (Å²) >= 11 is 0. The fourth-order valence-electron chi connectivity index (χ4n) is 2.44. The average Bonchev–Trinajstić information content (AvgIpc) is 2.35. The molecule has 0 amide bonds. The summed E-state index contributed by atoms with van der Waals surface area (Å²) in [6.07, 6.45) is 4.05. The number of allylic oxidation sites excluding steroid dienone is 3. The van der Waals surface area contributed by atoms with E-state index in [4.69, 9.17) is 0 Å². The lowest BCUT2D eigenvalue weighted by Gasteiger charge is -2.24. The Bertz CT molecular complexity index is 502. The van der Waals surface area contributed by atoms with Crippen LogP contribution in [0.15, 0.2) is 47.1 Å². The zero-order chi connectivity index (χ0) is 13.1. The van der Waals surface area contributed by atoms with Gasteiger partial charge in [-0.25, -0.2) is 0 Å². The van der Waals surface area contributed by atoms with Gasteiger partial charge in [0.15, 0.2) is 5.78 Å². The van der Waals surface area contributed by atoms with E-state index in [1.165, 1.54) is 0 Å². The lowest BCUT2D eigenvalue weighted by Crippen LogP contribution is -2.20. The first kappa shape index (κ1) is 12.8. The molecule has 94 valence electrons. The molecule has 18 heavy (non-hydrogen) atoms. The summed E-state index contributed by atoms with van der Waals surface area (Å²) in [6.45, 7) is 6.21. The minimum absolute atomic E-state index is 0.248. The summed E-state index contributed by atoms with van der Waals surface area (Å²) < 4.78 is 0. The van der Waals surface area contributed by atoms with Crippen LogP contribution in [0.2, 0.25) is 0 Å². The number of Topliss-reactive ketones (excluding diaryl/α,β-unsaturated/α-hetero) is 1. The molecular weight excluding hydrogens is 220 g/mol.